The molecule has 0 spiro atoms. The smallest absolute Gasteiger partial charge is 0.249 e. The maximum absolute atomic E-state index is 12.6. The number of benzene rings is 1. The Hall–Kier alpha value is -1.99. The lowest BCUT2D eigenvalue weighted by atomic mass is 9.98. The molecule has 2 atom stereocenters. The van der Waals surface area contributed by atoms with Crippen LogP contribution >= 0.6 is 22.9 Å². The molecule has 0 aliphatic rings. The van der Waals surface area contributed by atoms with Crippen LogP contribution in [-0.4, -0.2) is 28.1 Å². The number of nitrogens with zero attached hydrogens (tertiary/aromatic N) is 2. The zero-order valence-corrected chi connectivity index (χ0v) is 15.9. The molecule has 1 heterocycles. The number of hydrogen-bond acceptors (Lipinski definition) is 5. The number of carbonyl (C=O) groups is 2. The molecule has 6 nitrogen and oxygen atoms in total. The van der Waals surface area contributed by atoms with E-state index in [-0.39, 0.29) is 17.7 Å². The van der Waals surface area contributed by atoms with Gasteiger partial charge in [-0.25, -0.2) is 0 Å². The van der Waals surface area contributed by atoms with E-state index >= 15 is 0 Å². The quantitative estimate of drug-likeness (QED) is 0.766. The van der Waals surface area contributed by atoms with Crippen molar-refractivity contribution in [3.8, 4) is 10.6 Å². The molecule has 2 amide bonds. The third kappa shape index (κ3) is 5.24. The number of halogens is 1. The Labute approximate surface area is 156 Å². The monoisotopic (exact) mass is 380 g/mol. The summed E-state index contributed by atoms with van der Waals surface area (Å²) < 4.78 is 0. The summed E-state index contributed by atoms with van der Waals surface area (Å²) in [5.41, 5.74) is 0.836. The minimum atomic E-state index is -0.601. The summed E-state index contributed by atoms with van der Waals surface area (Å²) >= 11 is 7.25. The van der Waals surface area contributed by atoms with Gasteiger partial charge in [-0.1, -0.05) is 62.3 Å². The van der Waals surface area contributed by atoms with Crippen LogP contribution in [0.2, 0.25) is 5.02 Å². The number of rotatable bonds is 7. The van der Waals surface area contributed by atoms with Crippen LogP contribution in [-0.2, 0) is 9.59 Å². The highest BCUT2D eigenvalue weighted by Crippen LogP contribution is 2.28. The van der Waals surface area contributed by atoms with Crippen LogP contribution in [0.25, 0.3) is 10.6 Å². The molecule has 8 heteroatoms. The second-order valence-electron chi connectivity index (χ2n) is 5.70. The highest BCUT2D eigenvalue weighted by Gasteiger charge is 2.26. The van der Waals surface area contributed by atoms with E-state index in [1.54, 1.807) is 19.1 Å². The van der Waals surface area contributed by atoms with Crippen LogP contribution in [0.15, 0.2) is 24.3 Å². The Morgan fingerprint density at radius 1 is 1.28 bits per heavy atom. The lowest BCUT2D eigenvalue weighted by molar-refractivity contribution is -0.127. The molecular weight excluding hydrogens is 360 g/mol. The highest BCUT2D eigenvalue weighted by molar-refractivity contribution is 7.18. The highest BCUT2D eigenvalue weighted by atomic mass is 35.5. The van der Waals surface area contributed by atoms with Crippen LogP contribution in [0.1, 0.15) is 33.6 Å². The molecule has 0 saturated heterocycles. The van der Waals surface area contributed by atoms with Crippen molar-refractivity contribution in [3.63, 3.8) is 0 Å². The molecule has 0 radical (unpaired) electrons. The molecule has 1 aromatic carbocycles. The first-order valence-corrected chi connectivity index (χ1v) is 9.33. The number of amides is 2. The van der Waals surface area contributed by atoms with Gasteiger partial charge < -0.3 is 5.32 Å². The molecule has 0 fully saturated rings. The summed E-state index contributed by atoms with van der Waals surface area (Å²) in [6.45, 7) is 5.66. The Morgan fingerprint density at radius 3 is 2.68 bits per heavy atom. The summed E-state index contributed by atoms with van der Waals surface area (Å²) in [5, 5.41) is 15.3. The van der Waals surface area contributed by atoms with Crippen molar-refractivity contribution < 1.29 is 9.59 Å². The minimum absolute atomic E-state index is 0.0100. The number of aromatic nitrogens is 2. The summed E-state index contributed by atoms with van der Waals surface area (Å²) in [6.07, 6.45) is 1.10. The third-order valence-corrected chi connectivity index (χ3v) is 4.98. The topological polar surface area (TPSA) is 84.0 Å². The van der Waals surface area contributed by atoms with Crippen molar-refractivity contribution in [2.45, 2.75) is 39.7 Å². The van der Waals surface area contributed by atoms with Crippen molar-refractivity contribution in [2.24, 2.45) is 5.92 Å². The standard InChI is InChI=1S/C17H21ClN4O2S/c1-4-10(3)14(19-13(23)5-2)15(24)20-17-22-21-16(25-17)11-7-6-8-12(18)9-11/h6-10,14H,4-5H2,1-3H3,(H,19,23)(H,20,22,24). The predicted molar refractivity (Wildman–Crippen MR) is 101 cm³/mol. The van der Waals surface area contributed by atoms with Crippen molar-refractivity contribution in [1.29, 1.82) is 0 Å². The van der Waals surface area contributed by atoms with E-state index in [4.69, 9.17) is 11.6 Å². The van der Waals surface area contributed by atoms with E-state index in [9.17, 15) is 9.59 Å². The minimum Gasteiger partial charge on any atom is -0.344 e. The Morgan fingerprint density at radius 2 is 2.04 bits per heavy atom. The van der Waals surface area contributed by atoms with Crippen molar-refractivity contribution >= 4 is 39.9 Å². The van der Waals surface area contributed by atoms with Gasteiger partial charge in [0.05, 0.1) is 0 Å². The Bertz CT molecular complexity index is 750. The molecule has 1 aromatic heterocycles. The van der Waals surface area contributed by atoms with Gasteiger partial charge in [-0.15, -0.1) is 10.2 Å². The van der Waals surface area contributed by atoms with E-state index in [2.05, 4.69) is 20.8 Å². The van der Waals surface area contributed by atoms with Gasteiger partial charge in [0.2, 0.25) is 16.9 Å². The summed E-state index contributed by atoms with van der Waals surface area (Å²) in [7, 11) is 0. The van der Waals surface area contributed by atoms with E-state index < -0.39 is 6.04 Å². The van der Waals surface area contributed by atoms with E-state index in [0.717, 1.165) is 12.0 Å². The van der Waals surface area contributed by atoms with Crippen molar-refractivity contribution in [1.82, 2.24) is 15.5 Å². The van der Waals surface area contributed by atoms with Crippen LogP contribution in [0, 0.1) is 5.92 Å². The van der Waals surface area contributed by atoms with Crippen molar-refractivity contribution in [3.05, 3.63) is 29.3 Å². The molecule has 25 heavy (non-hydrogen) atoms. The lowest BCUT2D eigenvalue weighted by Crippen LogP contribution is -2.47. The van der Waals surface area contributed by atoms with Gasteiger partial charge in [0.1, 0.15) is 11.0 Å². The normalized spacial score (nSPS) is 13.1. The average Bonchev–Trinajstić information content (AvgIpc) is 3.07. The fraction of sp³-hybridized carbons (Fsp3) is 0.412. The van der Waals surface area contributed by atoms with Gasteiger partial charge in [-0.2, -0.15) is 0 Å². The second-order valence-corrected chi connectivity index (χ2v) is 7.11. The predicted octanol–water partition coefficient (Wildman–Crippen LogP) is 3.74. The fourth-order valence-corrected chi connectivity index (χ4v) is 3.11. The number of carbonyl (C=O) groups excluding carboxylic acids is 2. The molecule has 0 saturated carbocycles. The van der Waals surface area contributed by atoms with Gasteiger partial charge in [0.25, 0.3) is 0 Å². The Kier molecular flexibility index (Phi) is 6.90. The molecule has 2 N–H and O–H groups in total. The van der Waals surface area contributed by atoms with Crippen LogP contribution in [0.3, 0.4) is 0 Å². The SMILES string of the molecule is CCC(=O)NC(C(=O)Nc1nnc(-c2cccc(Cl)c2)s1)C(C)CC. The summed E-state index contributed by atoms with van der Waals surface area (Å²) in [5.74, 6) is -0.432. The first-order valence-electron chi connectivity index (χ1n) is 8.14. The summed E-state index contributed by atoms with van der Waals surface area (Å²) in [4.78, 5) is 24.2. The van der Waals surface area contributed by atoms with Crippen LogP contribution in [0.4, 0.5) is 5.13 Å². The zero-order chi connectivity index (χ0) is 18.4. The van der Waals surface area contributed by atoms with Crippen LogP contribution < -0.4 is 10.6 Å². The van der Waals surface area contributed by atoms with Gasteiger partial charge in [-0.05, 0) is 18.1 Å². The molecule has 0 aliphatic heterocycles. The molecule has 0 bridgehead atoms. The fourth-order valence-electron chi connectivity index (χ4n) is 2.17. The molecule has 0 aliphatic carbocycles. The maximum Gasteiger partial charge on any atom is 0.249 e. The van der Waals surface area contributed by atoms with Crippen molar-refractivity contribution in [2.75, 3.05) is 5.32 Å². The van der Waals surface area contributed by atoms with E-state index in [1.807, 2.05) is 26.0 Å². The average molecular weight is 381 g/mol. The first-order chi connectivity index (χ1) is 11.9. The molecular formula is C17H21ClN4O2S. The second kappa shape index (κ2) is 8.92. The molecule has 134 valence electrons. The molecule has 2 unspecified atom stereocenters. The molecule has 2 rings (SSSR count). The van der Waals surface area contributed by atoms with E-state index in [0.29, 0.717) is 21.6 Å². The van der Waals surface area contributed by atoms with Crippen LogP contribution in [0.5, 0.6) is 0 Å². The summed E-state index contributed by atoms with van der Waals surface area (Å²) in [6, 6.07) is 6.67. The van der Waals surface area contributed by atoms with E-state index in [1.165, 1.54) is 11.3 Å². The third-order valence-electron chi connectivity index (χ3n) is 3.86. The van der Waals surface area contributed by atoms with Gasteiger partial charge in [-0.3, -0.25) is 14.9 Å². The van der Waals surface area contributed by atoms with Gasteiger partial charge in [0, 0.05) is 17.0 Å². The van der Waals surface area contributed by atoms with Gasteiger partial charge >= 0.3 is 0 Å². The Balaban J connectivity index is 2.12. The lowest BCUT2D eigenvalue weighted by Gasteiger charge is -2.22. The molecule has 2 aromatic rings. The first kappa shape index (κ1) is 19.3. The number of anilines is 1. The zero-order valence-electron chi connectivity index (χ0n) is 14.4. The largest absolute Gasteiger partial charge is 0.344 e. The number of hydrogen-bond donors (Lipinski definition) is 2. The van der Waals surface area contributed by atoms with Gasteiger partial charge in [0.15, 0.2) is 0 Å². The number of nitrogens with one attached hydrogen (secondary N) is 2. The maximum atomic E-state index is 12.6.